The highest BCUT2D eigenvalue weighted by atomic mass is 35.5. The van der Waals surface area contributed by atoms with E-state index in [1.165, 1.54) is 23.9 Å². The van der Waals surface area contributed by atoms with Gasteiger partial charge in [0.05, 0.1) is 41.4 Å². The number of halogens is 1. The lowest BCUT2D eigenvalue weighted by Crippen LogP contribution is -2.28. The number of amides is 1. The van der Waals surface area contributed by atoms with Crippen LogP contribution in [0, 0.1) is 0 Å². The number of rotatable bonds is 11. The second-order valence-electron chi connectivity index (χ2n) is 9.63. The van der Waals surface area contributed by atoms with Gasteiger partial charge in [-0.15, -0.1) is 0 Å². The minimum Gasteiger partial charge on any atom is -0.497 e. The molecule has 224 valence electrons. The molecule has 5 rings (SSSR count). The Kier molecular flexibility index (Phi) is 9.89. The molecule has 0 atom stereocenters. The number of carboxylic acid groups (broad SMARTS) is 1. The van der Waals surface area contributed by atoms with Crippen molar-refractivity contribution in [3.63, 3.8) is 0 Å². The van der Waals surface area contributed by atoms with Gasteiger partial charge in [-0.2, -0.15) is 0 Å². The molecule has 1 amide bonds. The van der Waals surface area contributed by atoms with Crippen LogP contribution < -0.4 is 14.2 Å². The molecular weight excluding hydrogens is 600 g/mol. The summed E-state index contributed by atoms with van der Waals surface area (Å²) in [4.78, 5) is 31.8. The first kappa shape index (κ1) is 30.7. The van der Waals surface area contributed by atoms with Crippen molar-refractivity contribution in [2.45, 2.75) is 20.1 Å². The molecule has 0 radical (unpaired) electrons. The molecule has 0 aromatic heterocycles. The van der Waals surface area contributed by atoms with Crippen LogP contribution in [-0.4, -0.2) is 40.8 Å². The van der Waals surface area contributed by atoms with Crippen LogP contribution in [0.3, 0.4) is 0 Å². The second kappa shape index (κ2) is 14.2. The third-order valence-corrected chi connectivity index (χ3v) is 7.87. The zero-order chi connectivity index (χ0) is 31.1. The van der Waals surface area contributed by atoms with Gasteiger partial charge in [0.2, 0.25) is 0 Å². The quantitative estimate of drug-likeness (QED) is 0.169. The van der Waals surface area contributed by atoms with E-state index in [1.807, 2.05) is 61.5 Å². The van der Waals surface area contributed by atoms with Crippen LogP contribution in [-0.2, 0) is 17.9 Å². The van der Waals surface area contributed by atoms with Gasteiger partial charge in [-0.1, -0.05) is 54.1 Å². The van der Waals surface area contributed by atoms with Crippen LogP contribution in [0.15, 0.2) is 101 Å². The Hall–Kier alpha value is -4.73. The number of carbonyl (C=O) groups excluding carboxylic acids is 1. The van der Waals surface area contributed by atoms with Crippen molar-refractivity contribution in [2.75, 3.05) is 13.7 Å². The van der Waals surface area contributed by atoms with Crippen molar-refractivity contribution in [3.05, 3.63) is 123 Å². The number of carbonyl (C=O) groups is 2. The molecule has 0 spiro atoms. The molecule has 10 heteroatoms. The summed E-state index contributed by atoms with van der Waals surface area (Å²) in [7, 11) is 1.61. The average Bonchev–Trinajstić information content (AvgIpc) is 3.30. The maximum atomic E-state index is 13.7. The van der Waals surface area contributed by atoms with Gasteiger partial charge in [-0.3, -0.25) is 9.69 Å². The van der Waals surface area contributed by atoms with Crippen molar-refractivity contribution in [1.82, 2.24) is 4.90 Å². The van der Waals surface area contributed by atoms with Crippen LogP contribution in [0.1, 0.15) is 34.0 Å². The summed E-state index contributed by atoms with van der Waals surface area (Å²) in [6, 6.07) is 27.0. The lowest BCUT2D eigenvalue weighted by molar-refractivity contribution is -0.122. The summed E-state index contributed by atoms with van der Waals surface area (Å²) in [5.74, 6) is 0.346. The van der Waals surface area contributed by atoms with Crippen molar-refractivity contribution in [3.8, 4) is 17.2 Å². The van der Waals surface area contributed by atoms with E-state index in [0.29, 0.717) is 45.3 Å². The fourth-order valence-corrected chi connectivity index (χ4v) is 5.65. The number of hydrogen-bond donors (Lipinski definition) is 1. The normalized spacial score (nSPS) is 14.7. The summed E-state index contributed by atoms with van der Waals surface area (Å²) in [6.07, 6.45) is 1.77. The highest BCUT2D eigenvalue weighted by Gasteiger charge is 2.33. The number of hydrogen-bond acceptors (Lipinski definition) is 7. The first-order valence-corrected chi connectivity index (χ1v) is 14.9. The van der Waals surface area contributed by atoms with Gasteiger partial charge in [-0.25, -0.2) is 9.79 Å². The van der Waals surface area contributed by atoms with Gasteiger partial charge in [-0.05, 0) is 90.0 Å². The lowest BCUT2D eigenvalue weighted by Gasteiger charge is -2.16. The summed E-state index contributed by atoms with van der Waals surface area (Å²) in [6.45, 7) is 2.72. The SMILES string of the molecule is CCOc1cc(/C=C2\SC(=Nc3ccccc3)N(Cc3ccc(OC)cc3)C2=O)cc(Cl)c1OCc1ccc(C(=O)O)cc1. The molecule has 1 saturated heterocycles. The molecule has 0 saturated carbocycles. The Morgan fingerprint density at radius 1 is 0.977 bits per heavy atom. The molecule has 44 heavy (non-hydrogen) atoms. The minimum atomic E-state index is -0.995. The third-order valence-electron chi connectivity index (χ3n) is 6.58. The fraction of sp³-hybridized carbons (Fsp3) is 0.147. The number of benzene rings is 4. The van der Waals surface area contributed by atoms with E-state index in [2.05, 4.69) is 0 Å². The summed E-state index contributed by atoms with van der Waals surface area (Å²) < 4.78 is 17.1. The maximum Gasteiger partial charge on any atom is 0.335 e. The number of amidine groups is 1. The minimum absolute atomic E-state index is 0.161. The van der Waals surface area contributed by atoms with Gasteiger partial charge >= 0.3 is 5.97 Å². The first-order chi connectivity index (χ1) is 21.3. The molecule has 8 nitrogen and oxygen atoms in total. The highest BCUT2D eigenvalue weighted by molar-refractivity contribution is 8.18. The van der Waals surface area contributed by atoms with E-state index in [-0.39, 0.29) is 18.1 Å². The van der Waals surface area contributed by atoms with Gasteiger partial charge in [0.1, 0.15) is 12.4 Å². The Labute approximate surface area is 264 Å². The number of ether oxygens (including phenoxy) is 3. The van der Waals surface area contributed by atoms with E-state index < -0.39 is 5.97 Å². The maximum absolute atomic E-state index is 13.7. The molecule has 1 N–H and O–H groups in total. The standard InChI is InChI=1S/C34H29ClN2O6S/c1-3-42-29-18-24(17-28(35)31(29)43-21-23-9-13-25(14-10-23)33(39)40)19-30-32(38)37(20-22-11-15-27(41-2)16-12-22)34(44-30)36-26-7-5-4-6-8-26/h4-19H,3,20-21H2,1-2H3,(H,39,40)/b30-19-,36-34?. The number of carboxylic acids is 1. The van der Waals surface area contributed by atoms with Crippen LogP contribution in [0.2, 0.25) is 5.02 Å². The number of thioether (sulfide) groups is 1. The average molecular weight is 629 g/mol. The molecule has 4 aromatic carbocycles. The number of para-hydroxylation sites is 1. The fourth-order valence-electron chi connectivity index (χ4n) is 4.38. The zero-order valence-corrected chi connectivity index (χ0v) is 25.6. The summed E-state index contributed by atoms with van der Waals surface area (Å²) in [5, 5.41) is 10.0. The predicted molar refractivity (Wildman–Crippen MR) is 173 cm³/mol. The van der Waals surface area contributed by atoms with Crippen LogP contribution in [0.4, 0.5) is 5.69 Å². The van der Waals surface area contributed by atoms with Gasteiger partial charge in [0.25, 0.3) is 5.91 Å². The zero-order valence-electron chi connectivity index (χ0n) is 24.0. The largest absolute Gasteiger partial charge is 0.497 e. The number of methoxy groups -OCH3 is 1. The van der Waals surface area contributed by atoms with E-state index in [1.54, 1.807) is 42.4 Å². The molecule has 0 aliphatic carbocycles. The molecule has 1 aliphatic heterocycles. The van der Waals surface area contributed by atoms with Crippen LogP contribution >= 0.6 is 23.4 Å². The summed E-state index contributed by atoms with van der Waals surface area (Å²) in [5.41, 5.74) is 3.30. The molecule has 1 aliphatic rings. The summed E-state index contributed by atoms with van der Waals surface area (Å²) >= 11 is 7.96. The first-order valence-electron chi connectivity index (χ1n) is 13.7. The molecule has 0 bridgehead atoms. The van der Waals surface area contributed by atoms with Gasteiger partial charge < -0.3 is 19.3 Å². The predicted octanol–water partition coefficient (Wildman–Crippen LogP) is 7.83. The molecule has 1 heterocycles. The number of aliphatic imine (C=N–C) groups is 1. The Morgan fingerprint density at radius 2 is 1.68 bits per heavy atom. The number of nitrogens with zero attached hydrogens (tertiary/aromatic N) is 2. The van der Waals surface area contributed by atoms with Crippen molar-refractivity contribution >= 4 is 52.2 Å². The van der Waals surface area contributed by atoms with E-state index in [9.17, 15) is 9.59 Å². The van der Waals surface area contributed by atoms with E-state index in [0.717, 1.165) is 22.6 Å². The topological polar surface area (TPSA) is 97.7 Å². The highest BCUT2D eigenvalue weighted by Crippen LogP contribution is 2.40. The van der Waals surface area contributed by atoms with Crippen LogP contribution in [0.25, 0.3) is 6.08 Å². The Morgan fingerprint density at radius 3 is 2.34 bits per heavy atom. The molecule has 1 fully saturated rings. The van der Waals surface area contributed by atoms with Crippen molar-refractivity contribution in [2.24, 2.45) is 4.99 Å². The Bertz CT molecular complexity index is 1710. The van der Waals surface area contributed by atoms with Gasteiger partial charge in [0, 0.05) is 0 Å². The molecule has 4 aromatic rings. The van der Waals surface area contributed by atoms with Crippen molar-refractivity contribution in [1.29, 1.82) is 0 Å². The monoisotopic (exact) mass is 628 g/mol. The number of aromatic carboxylic acids is 1. The van der Waals surface area contributed by atoms with E-state index in [4.69, 9.17) is 35.9 Å². The molecule has 0 unspecified atom stereocenters. The second-order valence-corrected chi connectivity index (χ2v) is 11.1. The van der Waals surface area contributed by atoms with Crippen molar-refractivity contribution < 1.29 is 28.9 Å². The Balaban J connectivity index is 1.42. The smallest absolute Gasteiger partial charge is 0.335 e. The third kappa shape index (κ3) is 7.42. The van der Waals surface area contributed by atoms with E-state index >= 15 is 0 Å². The van der Waals surface area contributed by atoms with Crippen LogP contribution in [0.5, 0.6) is 17.2 Å². The van der Waals surface area contributed by atoms with Gasteiger partial charge in [0.15, 0.2) is 16.7 Å². The molecular formula is C34H29ClN2O6S. The lowest BCUT2D eigenvalue weighted by atomic mass is 10.1.